The molecule has 1 N–H and O–H groups in total. The van der Waals surface area contributed by atoms with E-state index in [-0.39, 0.29) is 4.90 Å². The molecule has 4 heteroatoms. The van der Waals surface area contributed by atoms with Crippen LogP contribution in [0.4, 0.5) is 0 Å². The standard InChI is InChI=1S/C14H16O3S/c1-3-10-5-6-13-12(7-10)8-11(4-2)9-14(13)18(15,16)17/h5-9H,3-4H2,1-2H3,(H,15,16,17). The van der Waals surface area contributed by atoms with Crippen LogP contribution in [0, 0.1) is 0 Å². The van der Waals surface area contributed by atoms with Crippen LogP contribution in [-0.4, -0.2) is 13.0 Å². The Hall–Kier alpha value is -1.39. The highest BCUT2D eigenvalue weighted by Gasteiger charge is 2.15. The first kappa shape index (κ1) is 13.1. The third-order valence-corrected chi connectivity index (χ3v) is 4.03. The van der Waals surface area contributed by atoms with E-state index in [0.717, 1.165) is 29.4 Å². The Bertz CT molecular complexity index is 682. The lowest BCUT2D eigenvalue weighted by molar-refractivity contribution is 0.484. The molecule has 18 heavy (non-hydrogen) atoms. The van der Waals surface area contributed by atoms with E-state index in [2.05, 4.69) is 6.92 Å². The fourth-order valence-corrected chi connectivity index (χ4v) is 2.85. The molecule has 2 aromatic carbocycles. The minimum Gasteiger partial charge on any atom is -0.282 e. The molecule has 0 atom stereocenters. The van der Waals surface area contributed by atoms with E-state index in [1.165, 1.54) is 0 Å². The second kappa shape index (κ2) is 4.71. The van der Waals surface area contributed by atoms with Gasteiger partial charge in [0.1, 0.15) is 4.90 Å². The molecule has 0 unspecified atom stereocenters. The number of hydrogen-bond acceptors (Lipinski definition) is 2. The summed E-state index contributed by atoms with van der Waals surface area (Å²) in [7, 11) is -4.18. The van der Waals surface area contributed by atoms with Crippen LogP contribution >= 0.6 is 0 Å². The molecule has 0 fully saturated rings. The second-order valence-corrected chi connectivity index (χ2v) is 5.72. The molecule has 3 nitrogen and oxygen atoms in total. The highest BCUT2D eigenvalue weighted by atomic mass is 32.2. The van der Waals surface area contributed by atoms with Crippen LogP contribution in [0.1, 0.15) is 25.0 Å². The summed E-state index contributed by atoms with van der Waals surface area (Å²) in [6, 6.07) is 9.15. The number of fused-ring (bicyclic) bond motifs is 1. The van der Waals surface area contributed by atoms with Gasteiger partial charge in [-0.05, 0) is 35.4 Å². The van der Waals surface area contributed by atoms with Crippen molar-refractivity contribution in [3.8, 4) is 0 Å². The van der Waals surface area contributed by atoms with E-state index in [9.17, 15) is 13.0 Å². The summed E-state index contributed by atoms with van der Waals surface area (Å²) in [5, 5.41) is 1.44. The maximum absolute atomic E-state index is 11.4. The van der Waals surface area contributed by atoms with Gasteiger partial charge in [0.05, 0.1) is 0 Å². The lowest BCUT2D eigenvalue weighted by atomic mass is 10.0. The summed E-state index contributed by atoms with van der Waals surface area (Å²) in [6.45, 7) is 4.01. The Morgan fingerprint density at radius 2 is 1.61 bits per heavy atom. The fourth-order valence-electron chi connectivity index (χ4n) is 2.08. The summed E-state index contributed by atoms with van der Waals surface area (Å²) < 4.78 is 32.2. The van der Waals surface area contributed by atoms with Crippen LogP contribution in [0.5, 0.6) is 0 Å². The van der Waals surface area contributed by atoms with E-state index in [4.69, 9.17) is 0 Å². The van der Waals surface area contributed by atoms with Crippen molar-refractivity contribution in [1.29, 1.82) is 0 Å². The topological polar surface area (TPSA) is 54.4 Å². The van der Waals surface area contributed by atoms with Gasteiger partial charge in [0.2, 0.25) is 0 Å². The number of benzene rings is 2. The second-order valence-electron chi connectivity index (χ2n) is 4.33. The summed E-state index contributed by atoms with van der Waals surface area (Å²) in [5.41, 5.74) is 2.06. The van der Waals surface area contributed by atoms with Crippen LogP contribution in [-0.2, 0) is 23.0 Å². The molecule has 0 heterocycles. The first-order valence-electron chi connectivity index (χ1n) is 5.98. The van der Waals surface area contributed by atoms with Gasteiger partial charge in [0.15, 0.2) is 0 Å². The van der Waals surface area contributed by atoms with E-state index in [1.807, 2.05) is 25.1 Å². The minimum atomic E-state index is -4.18. The first-order chi connectivity index (χ1) is 8.45. The van der Waals surface area contributed by atoms with Gasteiger partial charge in [-0.25, -0.2) is 0 Å². The van der Waals surface area contributed by atoms with Gasteiger partial charge in [0.25, 0.3) is 10.1 Å². The number of rotatable bonds is 3. The average Bonchev–Trinajstić information content (AvgIpc) is 2.35. The van der Waals surface area contributed by atoms with Crippen LogP contribution in [0.15, 0.2) is 35.2 Å². The summed E-state index contributed by atoms with van der Waals surface area (Å²) >= 11 is 0. The minimum absolute atomic E-state index is 0.000460. The lowest BCUT2D eigenvalue weighted by Crippen LogP contribution is -2.01. The van der Waals surface area contributed by atoms with Crippen LogP contribution < -0.4 is 0 Å². The van der Waals surface area contributed by atoms with E-state index in [0.29, 0.717) is 5.39 Å². The van der Waals surface area contributed by atoms with Crippen molar-refractivity contribution >= 4 is 20.9 Å². The maximum Gasteiger partial charge on any atom is 0.295 e. The van der Waals surface area contributed by atoms with Crippen molar-refractivity contribution in [3.63, 3.8) is 0 Å². The van der Waals surface area contributed by atoms with Crippen molar-refractivity contribution in [1.82, 2.24) is 0 Å². The number of aryl methyl sites for hydroxylation is 2. The van der Waals surface area contributed by atoms with Gasteiger partial charge in [-0.1, -0.05) is 38.1 Å². The Balaban J connectivity index is 2.84. The van der Waals surface area contributed by atoms with E-state index < -0.39 is 10.1 Å². The molecule has 0 saturated heterocycles. The van der Waals surface area contributed by atoms with E-state index in [1.54, 1.807) is 12.1 Å². The molecule has 0 aliphatic rings. The average molecular weight is 264 g/mol. The van der Waals surface area contributed by atoms with Crippen molar-refractivity contribution in [2.75, 3.05) is 0 Å². The highest BCUT2D eigenvalue weighted by molar-refractivity contribution is 7.86. The molecular weight excluding hydrogens is 248 g/mol. The predicted octanol–water partition coefficient (Wildman–Crippen LogP) is 3.21. The third-order valence-electron chi connectivity index (χ3n) is 3.13. The smallest absolute Gasteiger partial charge is 0.282 e. The van der Waals surface area contributed by atoms with Gasteiger partial charge < -0.3 is 0 Å². The Labute approximate surface area is 107 Å². The van der Waals surface area contributed by atoms with Gasteiger partial charge in [-0.3, -0.25) is 4.55 Å². The van der Waals surface area contributed by atoms with Crippen molar-refractivity contribution in [2.24, 2.45) is 0 Å². The molecule has 0 spiro atoms. The van der Waals surface area contributed by atoms with Gasteiger partial charge in [-0.2, -0.15) is 8.42 Å². The highest BCUT2D eigenvalue weighted by Crippen LogP contribution is 2.26. The lowest BCUT2D eigenvalue weighted by Gasteiger charge is -2.08. The SMILES string of the molecule is CCc1ccc2c(S(=O)(=O)O)cc(CC)cc2c1. The molecule has 0 saturated carbocycles. The van der Waals surface area contributed by atoms with Gasteiger partial charge in [-0.15, -0.1) is 0 Å². The monoisotopic (exact) mass is 264 g/mol. The van der Waals surface area contributed by atoms with Crippen molar-refractivity contribution in [3.05, 3.63) is 41.5 Å². The van der Waals surface area contributed by atoms with Crippen molar-refractivity contribution in [2.45, 2.75) is 31.6 Å². The molecule has 2 rings (SSSR count). The zero-order valence-corrected chi connectivity index (χ0v) is 11.3. The largest absolute Gasteiger partial charge is 0.295 e. The quantitative estimate of drug-likeness (QED) is 0.866. The molecule has 0 aromatic heterocycles. The zero-order chi connectivity index (χ0) is 13.3. The molecule has 96 valence electrons. The predicted molar refractivity (Wildman–Crippen MR) is 72.5 cm³/mol. The molecule has 0 bridgehead atoms. The first-order valence-corrected chi connectivity index (χ1v) is 7.42. The molecule has 0 aliphatic carbocycles. The molecule has 0 amide bonds. The van der Waals surface area contributed by atoms with Gasteiger partial charge in [0, 0.05) is 5.39 Å². The summed E-state index contributed by atoms with van der Waals surface area (Å²) in [4.78, 5) is -0.000460. The molecular formula is C14H16O3S. The maximum atomic E-state index is 11.4. The molecule has 0 radical (unpaired) electrons. The molecule has 0 aliphatic heterocycles. The zero-order valence-electron chi connectivity index (χ0n) is 10.5. The van der Waals surface area contributed by atoms with Gasteiger partial charge >= 0.3 is 0 Å². The van der Waals surface area contributed by atoms with Crippen LogP contribution in [0.3, 0.4) is 0 Å². The van der Waals surface area contributed by atoms with Crippen LogP contribution in [0.25, 0.3) is 10.8 Å². The Morgan fingerprint density at radius 1 is 1.00 bits per heavy atom. The van der Waals surface area contributed by atoms with E-state index >= 15 is 0 Å². The normalized spacial score (nSPS) is 11.9. The number of hydrogen-bond donors (Lipinski definition) is 1. The third kappa shape index (κ3) is 2.40. The summed E-state index contributed by atoms with van der Waals surface area (Å²) in [6.07, 6.45) is 1.63. The molecule has 2 aromatic rings. The van der Waals surface area contributed by atoms with Crippen molar-refractivity contribution < 1.29 is 13.0 Å². The Kier molecular flexibility index (Phi) is 3.41. The fraction of sp³-hybridized carbons (Fsp3) is 0.286. The summed E-state index contributed by atoms with van der Waals surface area (Å²) in [5.74, 6) is 0. The van der Waals surface area contributed by atoms with Crippen LogP contribution in [0.2, 0.25) is 0 Å². The Morgan fingerprint density at radius 3 is 2.17 bits per heavy atom.